The second-order valence-corrected chi connectivity index (χ2v) is 8.47. The van der Waals surface area contributed by atoms with Crippen LogP contribution < -0.4 is 10.2 Å². The maximum atomic E-state index is 13.0. The fraction of sp³-hybridized carbons (Fsp3) is 0.120. The molecule has 5 heteroatoms. The number of benzene rings is 3. The van der Waals surface area contributed by atoms with Crippen LogP contribution in [-0.4, -0.2) is 11.2 Å². The number of rotatable bonds is 3. The molecule has 0 N–H and O–H groups in total. The van der Waals surface area contributed by atoms with Gasteiger partial charge in [0, 0.05) is 11.0 Å². The van der Waals surface area contributed by atoms with Crippen LogP contribution in [0.3, 0.4) is 0 Å². The molecule has 2 heterocycles. The van der Waals surface area contributed by atoms with Crippen LogP contribution in [0.25, 0.3) is 22.1 Å². The minimum atomic E-state index is -0.296. The predicted molar refractivity (Wildman–Crippen MR) is 118 cm³/mol. The van der Waals surface area contributed by atoms with Crippen LogP contribution in [0, 0.1) is 6.92 Å². The molecule has 0 radical (unpaired) electrons. The molecule has 0 aliphatic carbocycles. The highest BCUT2D eigenvalue weighted by Crippen LogP contribution is 2.37. The first kappa shape index (κ1) is 18.7. The lowest BCUT2D eigenvalue weighted by Gasteiger charge is -2.11. The lowest BCUT2D eigenvalue weighted by molar-refractivity contribution is -0.133. The second-order valence-electron chi connectivity index (χ2n) is 7.23. The van der Waals surface area contributed by atoms with Crippen molar-refractivity contribution in [1.29, 1.82) is 0 Å². The molecule has 1 aliphatic rings. The van der Waals surface area contributed by atoms with Gasteiger partial charge in [0.15, 0.2) is 0 Å². The SMILES string of the molecule is Cc1oc2cc(OC(=O)C3Cc4ccccc4S3)ccc2c(=O)c1-c1ccccc1. The Morgan fingerprint density at radius 3 is 2.60 bits per heavy atom. The highest BCUT2D eigenvalue weighted by atomic mass is 32.2. The molecule has 4 nitrogen and oxygen atoms in total. The van der Waals surface area contributed by atoms with E-state index in [-0.39, 0.29) is 16.6 Å². The van der Waals surface area contributed by atoms with Gasteiger partial charge in [0.05, 0.1) is 10.9 Å². The molecule has 0 fully saturated rings. The summed E-state index contributed by atoms with van der Waals surface area (Å²) in [7, 11) is 0. The summed E-state index contributed by atoms with van der Waals surface area (Å²) in [5.74, 6) is 0.610. The van der Waals surface area contributed by atoms with E-state index in [4.69, 9.17) is 9.15 Å². The Morgan fingerprint density at radius 1 is 1.03 bits per heavy atom. The number of aryl methyl sites for hydroxylation is 1. The molecule has 1 unspecified atom stereocenters. The van der Waals surface area contributed by atoms with Gasteiger partial charge in [-0.2, -0.15) is 0 Å². The maximum absolute atomic E-state index is 13.0. The number of hydrogen-bond donors (Lipinski definition) is 0. The van der Waals surface area contributed by atoms with Crippen molar-refractivity contribution in [2.45, 2.75) is 23.5 Å². The van der Waals surface area contributed by atoms with Gasteiger partial charge in [-0.25, -0.2) is 0 Å². The summed E-state index contributed by atoms with van der Waals surface area (Å²) >= 11 is 1.52. The first-order chi connectivity index (χ1) is 14.6. The van der Waals surface area contributed by atoms with E-state index < -0.39 is 0 Å². The molecular formula is C25H18O4S. The van der Waals surface area contributed by atoms with Gasteiger partial charge < -0.3 is 9.15 Å². The highest BCUT2D eigenvalue weighted by Gasteiger charge is 2.29. The van der Waals surface area contributed by atoms with Crippen molar-refractivity contribution in [3.8, 4) is 16.9 Å². The first-order valence-corrected chi connectivity index (χ1v) is 10.6. The number of carbonyl (C=O) groups is 1. The standard InChI is InChI=1S/C25H18O4S/c1-15-23(16-7-3-2-4-8-16)24(26)19-12-11-18(14-20(19)28-15)29-25(27)22-13-17-9-5-6-10-21(17)30-22/h2-12,14,22H,13H2,1H3. The van der Waals surface area contributed by atoms with Crippen molar-refractivity contribution >= 4 is 28.7 Å². The molecule has 3 aromatic carbocycles. The molecular weight excluding hydrogens is 396 g/mol. The van der Waals surface area contributed by atoms with Gasteiger partial charge in [-0.3, -0.25) is 9.59 Å². The fourth-order valence-electron chi connectivity index (χ4n) is 3.78. The molecule has 0 spiro atoms. The van der Waals surface area contributed by atoms with E-state index in [2.05, 4.69) is 0 Å². The van der Waals surface area contributed by atoms with E-state index in [1.807, 2.05) is 54.6 Å². The number of thioether (sulfide) groups is 1. The summed E-state index contributed by atoms with van der Waals surface area (Å²) in [6.07, 6.45) is 0.655. The van der Waals surface area contributed by atoms with Crippen molar-refractivity contribution in [3.05, 3.63) is 94.3 Å². The van der Waals surface area contributed by atoms with Gasteiger partial charge in [0.1, 0.15) is 22.3 Å². The Morgan fingerprint density at radius 2 is 1.80 bits per heavy atom. The zero-order valence-electron chi connectivity index (χ0n) is 16.3. The Bertz CT molecular complexity index is 1300. The van der Waals surface area contributed by atoms with Crippen LogP contribution in [-0.2, 0) is 11.2 Å². The lowest BCUT2D eigenvalue weighted by Crippen LogP contribution is -2.22. The molecule has 1 aromatic heterocycles. The fourth-order valence-corrected chi connectivity index (χ4v) is 4.96. The topological polar surface area (TPSA) is 56.5 Å². The van der Waals surface area contributed by atoms with E-state index in [0.29, 0.717) is 34.5 Å². The number of hydrogen-bond acceptors (Lipinski definition) is 5. The van der Waals surface area contributed by atoms with E-state index in [1.165, 1.54) is 11.8 Å². The summed E-state index contributed by atoms with van der Waals surface area (Å²) in [4.78, 5) is 26.8. The Balaban J connectivity index is 1.43. The molecule has 30 heavy (non-hydrogen) atoms. The summed E-state index contributed by atoms with van der Waals surface area (Å²) in [5, 5.41) is 0.189. The van der Waals surface area contributed by atoms with Crippen LogP contribution in [0.15, 0.2) is 86.9 Å². The summed E-state index contributed by atoms with van der Waals surface area (Å²) < 4.78 is 11.5. The molecule has 5 rings (SSSR count). The summed E-state index contributed by atoms with van der Waals surface area (Å²) in [5.41, 5.74) is 2.84. The highest BCUT2D eigenvalue weighted by molar-refractivity contribution is 8.01. The third-order valence-electron chi connectivity index (χ3n) is 5.23. The van der Waals surface area contributed by atoms with Crippen molar-refractivity contribution in [3.63, 3.8) is 0 Å². The number of fused-ring (bicyclic) bond motifs is 2. The zero-order chi connectivity index (χ0) is 20.7. The molecule has 1 atom stereocenters. The average Bonchev–Trinajstić information content (AvgIpc) is 3.19. The maximum Gasteiger partial charge on any atom is 0.325 e. The van der Waals surface area contributed by atoms with Crippen LogP contribution >= 0.6 is 11.8 Å². The van der Waals surface area contributed by atoms with Crippen LogP contribution in [0.1, 0.15) is 11.3 Å². The van der Waals surface area contributed by atoms with E-state index >= 15 is 0 Å². The van der Waals surface area contributed by atoms with Crippen molar-refractivity contribution in [2.24, 2.45) is 0 Å². The molecule has 4 aromatic rings. The van der Waals surface area contributed by atoms with Crippen LogP contribution in [0.4, 0.5) is 0 Å². The molecule has 148 valence electrons. The van der Waals surface area contributed by atoms with Crippen LogP contribution in [0.5, 0.6) is 5.75 Å². The monoisotopic (exact) mass is 414 g/mol. The van der Waals surface area contributed by atoms with Crippen molar-refractivity contribution in [1.82, 2.24) is 0 Å². The van der Waals surface area contributed by atoms with E-state index in [0.717, 1.165) is 16.0 Å². The lowest BCUT2D eigenvalue weighted by atomic mass is 10.0. The number of carbonyl (C=O) groups excluding carboxylic acids is 1. The van der Waals surface area contributed by atoms with Gasteiger partial charge >= 0.3 is 5.97 Å². The summed E-state index contributed by atoms with van der Waals surface area (Å²) in [6, 6.07) is 22.4. The Kier molecular flexibility index (Phi) is 4.68. The molecule has 0 saturated carbocycles. The largest absolute Gasteiger partial charge is 0.460 e. The molecule has 0 saturated heterocycles. The molecule has 0 bridgehead atoms. The Labute approximate surface area is 177 Å². The van der Waals surface area contributed by atoms with Crippen molar-refractivity contribution in [2.75, 3.05) is 0 Å². The van der Waals surface area contributed by atoms with Crippen LogP contribution in [0.2, 0.25) is 0 Å². The minimum absolute atomic E-state index is 0.0976. The van der Waals surface area contributed by atoms with E-state index in [1.54, 1.807) is 25.1 Å². The van der Waals surface area contributed by atoms with E-state index in [9.17, 15) is 9.59 Å². The predicted octanol–water partition coefficient (Wildman–Crippen LogP) is 5.39. The van der Waals surface area contributed by atoms with Gasteiger partial charge in [-0.15, -0.1) is 11.8 Å². The van der Waals surface area contributed by atoms with Gasteiger partial charge in [0.2, 0.25) is 5.43 Å². The van der Waals surface area contributed by atoms with Gasteiger partial charge in [0.25, 0.3) is 0 Å². The van der Waals surface area contributed by atoms with Gasteiger partial charge in [-0.05, 0) is 42.7 Å². The zero-order valence-corrected chi connectivity index (χ0v) is 17.1. The quantitative estimate of drug-likeness (QED) is 0.332. The summed E-state index contributed by atoms with van der Waals surface area (Å²) in [6.45, 7) is 1.77. The minimum Gasteiger partial charge on any atom is -0.460 e. The van der Waals surface area contributed by atoms with Crippen molar-refractivity contribution < 1.29 is 13.9 Å². The van der Waals surface area contributed by atoms with Gasteiger partial charge in [-0.1, -0.05) is 48.5 Å². The number of esters is 1. The normalized spacial score (nSPS) is 15.2. The average molecular weight is 414 g/mol. The Hall–Kier alpha value is -3.31. The number of ether oxygens (including phenoxy) is 1. The third kappa shape index (κ3) is 3.31. The smallest absolute Gasteiger partial charge is 0.325 e. The molecule has 0 amide bonds. The third-order valence-corrected chi connectivity index (χ3v) is 6.53. The second kappa shape index (κ2) is 7.50. The first-order valence-electron chi connectivity index (χ1n) is 9.69. The molecule has 1 aliphatic heterocycles.